The Hall–Kier alpha value is -1.85. The molecule has 0 saturated carbocycles. The van der Waals surface area contributed by atoms with Crippen molar-refractivity contribution in [3.8, 4) is 0 Å². The first-order chi connectivity index (χ1) is 9.86. The summed E-state index contributed by atoms with van der Waals surface area (Å²) in [5, 5.41) is 2.05. The monoisotopic (exact) mass is 284 g/mol. The van der Waals surface area contributed by atoms with E-state index in [1.54, 1.807) is 11.3 Å². The molecule has 5 heteroatoms. The van der Waals surface area contributed by atoms with Crippen LogP contribution in [0.4, 0.5) is 5.82 Å². The highest BCUT2D eigenvalue weighted by atomic mass is 32.1. The number of thiazole rings is 1. The molecule has 2 N–H and O–H groups in total. The molecule has 0 fully saturated rings. The third-order valence-electron chi connectivity index (χ3n) is 3.96. The fraction of sp³-hybridized carbons (Fsp3) is 0.267. The van der Waals surface area contributed by atoms with Crippen molar-refractivity contribution in [2.45, 2.75) is 19.5 Å². The van der Waals surface area contributed by atoms with Crippen molar-refractivity contribution in [3.63, 3.8) is 0 Å². The van der Waals surface area contributed by atoms with Gasteiger partial charge >= 0.3 is 0 Å². The average Bonchev–Trinajstić information content (AvgIpc) is 3.07. The molecule has 20 heavy (non-hydrogen) atoms. The maximum atomic E-state index is 5.94. The molecular weight excluding hydrogens is 268 g/mol. The standard InChI is InChI=1S/C15H16N4S/c16-9-13-14(17-15-19(13)7-8-20-15)18-6-5-11-3-1-2-4-12(11)10-18/h1-4,7-8H,5-6,9-10,16H2. The molecule has 102 valence electrons. The van der Waals surface area contributed by atoms with Crippen LogP contribution in [0.5, 0.6) is 0 Å². The van der Waals surface area contributed by atoms with Crippen LogP contribution in [0.1, 0.15) is 16.8 Å². The Morgan fingerprint density at radius 3 is 2.95 bits per heavy atom. The van der Waals surface area contributed by atoms with E-state index >= 15 is 0 Å². The third-order valence-corrected chi connectivity index (χ3v) is 4.72. The molecule has 0 amide bonds. The number of hydrogen-bond acceptors (Lipinski definition) is 4. The van der Waals surface area contributed by atoms with Gasteiger partial charge in [0.05, 0.1) is 5.69 Å². The lowest BCUT2D eigenvalue weighted by Crippen LogP contribution is -2.31. The minimum Gasteiger partial charge on any atom is -0.350 e. The molecule has 1 aliphatic heterocycles. The first kappa shape index (κ1) is 11.9. The number of imidazole rings is 1. The van der Waals surface area contributed by atoms with Gasteiger partial charge in [-0.05, 0) is 17.5 Å². The number of rotatable bonds is 2. The average molecular weight is 284 g/mol. The van der Waals surface area contributed by atoms with E-state index in [9.17, 15) is 0 Å². The van der Waals surface area contributed by atoms with Crippen LogP contribution in [0.25, 0.3) is 4.96 Å². The van der Waals surface area contributed by atoms with Gasteiger partial charge in [0, 0.05) is 31.2 Å². The molecular formula is C15H16N4S. The molecule has 4 rings (SSSR count). The van der Waals surface area contributed by atoms with E-state index in [2.05, 4.69) is 45.1 Å². The van der Waals surface area contributed by atoms with E-state index in [1.165, 1.54) is 11.1 Å². The van der Waals surface area contributed by atoms with E-state index in [0.717, 1.165) is 36.0 Å². The number of hydrogen-bond donors (Lipinski definition) is 1. The second-order valence-corrected chi connectivity index (χ2v) is 5.96. The molecule has 1 aliphatic rings. The molecule has 0 atom stereocenters. The van der Waals surface area contributed by atoms with Crippen LogP contribution in [-0.4, -0.2) is 15.9 Å². The summed E-state index contributed by atoms with van der Waals surface area (Å²) in [6.07, 6.45) is 3.13. The first-order valence-electron chi connectivity index (χ1n) is 6.83. The lowest BCUT2D eigenvalue weighted by atomic mass is 10.00. The van der Waals surface area contributed by atoms with E-state index in [4.69, 9.17) is 10.7 Å². The zero-order valence-corrected chi connectivity index (χ0v) is 11.9. The molecule has 4 nitrogen and oxygen atoms in total. The Morgan fingerprint density at radius 2 is 2.10 bits per heavy atom. The predicted octanol–water partition coefficient (Wildman–Crippen LogP) is 2.42. The van der Waals surface area contributed by atoms with Crippen molar-refractivity contribution in [1.82, 2.24) is 9.38 Å². The van der Waals surface area contributed by atoms with E-state index in [0.29, 0.717) is 6.54 Å². The van der Waals surface area contributed by atoms with Crippen LogP contribution in [0.15, 0.2) is 35.8 Å². The highest BCUT2D eigenvalue weighted by Crippen LogP contribution is 2.28. The van der Waals surface area contributed by atoms with Gasteiger partial charge in [0.2, 0.25) is 0 Å². The Balaban J connectivity index is 1.75. The van der Waals surface area contributed by atoms with Crippen molar-refractivity contribution >= 4 is 22.1 Å². The van der Waals surface area contributed by atoms with Crippen molar-refractivity contribution in [3.05, 3.63) is 52.7 Å². The third kappa shape index (κ3) is 1.74. The molecule has 0 saturated heterocycles. The maximum absolute atomic E-state index is 5.94. The van der Waals surface area contributed by atoms with Crippen LogP contribution in [0, 0.1) is 0 Å². The second-order valence-electron chi connectivity index (χ2n) is 5.08. The molecule has 0 unspecified atom stereocenters. The number of aromatic nitrogens is 2. The van der Waals surface area contributed by atoms with Gasteiger partial charge in [-0.2, -0.15) is 0 Å². The Labute approximate surface area is 121 Å². The Morgan fingerprint density at radius 1 is 1.25 bits per heavy atom. The summed E-state index contributed by atoms with van der Waals surface area (Å²) in [5.74, 6) is 1.05. The van der Waals surface area contributed by atoms with Crippen LogP contribution >= 0.6 is 11.3 Å². The van der Waals surface area contributed by atoms with Gasteiger partial charge in [-0.25, -0.2) is 4.98 Å². The van der Waals surface area contributed by atoms with Gasteiger partial charge in [0.25, 0.3) is 0 Å². The summed E-state index contributed by atoms with van der Waals surface area (Å²) in [5.41, 5.74) is 9.91. The van der Waals surface area contributed by atoms with E-state index in [1.807, 2.05) is 0 Å². The highest BCUT2D eigenvalue weighted by Gasteiger charge is 2.22. The summed E-state index contributed by atoms with van der Waals surface area (Å²) in [7, 11) is 0. The predicted molar refractivity (Wildman–Crippen MR) is 82.2 cm³/mol. The van der Waals surface area contributed by atoms with Gasteiger partial charge in [-0.3, -0.25) is 4.40 Å². The van der Waals surface area contributed by atoms with Crippen LogP contribution < -0.4 is 10.6 Å². The van der Waals surface area contributed by atoms with Gasteiger partial charge in [-0.1, -0.05) is 24.3 Å². The first-order valence-corrected chi connectivity index (χ1v) is 7.71. The summed E-state index contributed by atoms with van der Waals surface area (Å²) in [6.45, 7) is 2.45. The molecule has 1 aromatic carbocycles. The molecule has 3 heterocycles. The van der Waals surface area contributed by atoms with Gasteiger partial charge in [-0.15, -0.1) is 11.3 Å². The molecule has 2 aromatic heterocycles. The van der Waals surface area contributed by atoms with Crippen molar-refractivity contribution in [2.24, 2.45) is 5.73 Å². The van der Waals surface area contributed by atoms with Gasteiger partial charge in [0.1, 0.15) is 0 Å². The number of nitrogens with two attached hydrogens (primary N) is 1. The van der Waals surface area contributed by atoms with Crippen molar-refractivity contribution in [1.29, 1.82) is 0 Å². The number of benzene rings is 1. The van der Waals surface area contributed by atoms with E-state index in [-0.39, 0.29) is 0 Å². The van der Waals surface area contributed by atoms with Crippen LogP contribution in [-0.2, 0) is 19.5 Å². The SMILES string of the molecule is NCc1c(N2CCc3ccccc3C2)nc2sccn12. The minimum absolute atomic E-state index is 0.519. The Bertz CT molecular complexity index is 758. The smallest absolute Gasteiger partial charge is 0.195 e. The van der Waals surface area contributed by atoms with Crippen molar-refractivity contribution in [2.75, 3.05) is 11.4 Å². The summed E-state index contributed by atoms with van der Waals surface area (Å²) in [4.78, 5) is 8.15. The van der Waals surface area contributed by atoms with E-state index < -0.39 is 0 Å². The second kappa shape index (κ2) is 4.61. The molecule has 0 bridgehead atoms. The fourth-order valence-corrected chi connectivity index (χ4v) is 3.67. The largest absolute Gasteiger partial charge is 0.350 e. The highest BCUT2D eigenvalue weighted by molar-refractivity contribution is 7.15. The number of fused-ring (bicyclic) bond motifs is 2. The maximum Gasteiger partial charge on any atom is 0.195 e. The number of anilines is 1. The van der Waals surface area contributed by atoms with Crippen LogP contribution in [0.2, 0.25) is 0 Å². The fourth-order valence-electron chi connectivity index (χ4n) is 2.94. The summed E-state index contributed by atoms with van der Waals surface area (Å²) in [6, 6.07) is 8.66. The minimum atomic E-state index is 0.519. The zero-order valence-electron chi connectivity index (χ0n) is 11.1. The molecule has 0 aliphatic carbocycles. The zero-order chi connectivity index (χ0) is 13.5. The van der Waals surface area contributed by atoms with Crippen molar-refractivity contribution < 1.29 is 0 Å². The summed E-state index contributed by atoms with van der Waals surface area (Å²) >= 11 is 1.66. The molecule has 3 aromatic rings. The Kier molecular flexibility index (Phi) is 2.75. The van der Waals surface area contributed by atoms with Crippen LogP contribution in [0.3, 0.4) is 0 Å². The quantitative estimate of drug-likeness (QED) is 0.786. The summed E-state index contributed by atoms with van der Waals surface area (Å²) < 4.78 is 2.11. The lowest BCUT2D eigenvalue weighted by molar-refractivity contribution is 0.717. The molecule has 0 radical (unpaired) electrons. The lowest BCUT2D eigenvalue weighted by Gasteiger charge is -2.29. The van der Waals surface area contributed by atoms with Gasteiger partial charge < -0.3 is 10.6 Å². The molecule has 0 spiro atoms. The van der Waals surface area contributed by atoms with Gasteiger partial charge in [0.15, 0.2) is 10.8 Å². The topological polar surface area (TPSA) is 46.6 Å². The normalized spacial score (nSPS) is 14.8. The number of nitrogens with zero attached hydrogens (tertiary/aromatic N) is 3.